The average Bonchev–Trinajstić information content (AvgIpc) is 2.48. The van der Waals surface area contributed by atoms with Crippen molar-refractivity contribution in [2.45, 2.75) is 38.1 Å². The lowest BCUT2D eigenvalue weighted by Crippen LogP contribution is -2.47. The minimum atomic E-state index is -4.58. The van der Waals surface area contributed by atoms with Crippen LogP contribution in [0.15, 0.2) is 18.2 Å². The van der Waals surface area contributed by atoms with Crippen molar-refractivity contribution in [3.05, 3.63) is 28.8 Å². The van der Waals surface area contributed by atoms with Crippen LogP contribution < -0.4 is 5.32 Å². The molecular formula is C15H18ClF3N2O2. The van der Waals surface area contributed by atoms with Crippen LogP contribution in [0.2, 0.25) is 5.02 Å². The molecule has 1 aliphatic rings. The van der Waals surface area contributed by atoms with E-state index in [-0.39, 0.29) is 11.8 Å². The number of halogens is 4. The highest BCUT2D eigenvalue weighted by Crippen LogP contribution is 2.36. The van der Waals surface area contributed by atoms with E-state index in [1.807, 2.05) is 4.90 Å². The van der Waals surface area contributed by atoms with Crippen molar-refractivity contribution >= 4 is 23.2 Å². The van der Waals surface area contributed by atoms with Crippen LogP contribution in [0.5, 0.6) is 0 Å². The summed E-state index contributed by atoms with van der Waals surface area (Å²) in [4.78, 5) is 14.1. The van der Waals surface area contributed by atoms with Crippen molar-refractivity contribution in [1.82, 2.24) is 4.90 Å². The molecule has 0 radical (unpaired) electrons. The third-order valence-corrected chi connectivity index (χ3v) is 4.30. The van der Waals surface area contributed by atoms with E-state index < -0.39 is 28.7 Å². The van der Waals surface area contributed by atoms with Crippen molar-refractivity contribution < 1.29 is 23.1 Å². The lowest BCUT2D eigenvalue weighted by molar-refractivity contribution is -0.137. The van der Waals surface area contributed by atoms with E-state index in [9.17, 15) is 23.1 Å². The van der Waals surface area contributed by atoms with Crippen molar-refractivity contribution in [1.29, 1.82) is 0 Å². The maximum Gasteiger partial charge on any atom is 0.417 e. The molecule has 23 heavy (non-hydrogen) atoms. The van der Waals surface area contributed by atoms with Gasteiger partial charge in [0, 0.05) is 18.8 Å². The normalized spacial score (nSPS) is 18.7. The maximum atomic E-state index is 12.8. The number of rotatable bonds is 3. The number of carbonyl (C=O) groups excluding carboxylic acids is 1. The van der Waals surface area contributed by atoms with Gasteiger partial charge < -0.3 is 10.4 Å². The molecule has 0 aromatic heterocycles. The lowest BCUT2D eigenvalue weighted by atomic mass is 10.1. The second kappa shape index (κ2) is 7.07. The van der Waals surface area contributed by atoms with Gasteiger partial charge in [-0.05, 0) is 38.0 Å². The molecule has 0 bridgehead atoms. The van der Waals surface area contributed by atoms with E-state index in [4.69, 9.17) is 11.6 Å². The summed E-state index contributed by atoms with van der Waals surface area (Å²) in [6.07, 6.45) is -3.77. The van der Waals surface area contributed by atoms with E-state index in [0.29, 0.717) is 25.9 Å². The Balaban J connectivity index is 2.05. The molecule has 4 nitrogen and oxygen atoms in total. The van der Waals surface area contributed by atoms with Gasteiger partial charge in [-0.25, -0.2) is 0 Å². The Kier molecular flexibility index (Phi) is 5.54. The molecule has 1 amide bonds. The number of likely N-dealkylation sites (tertiary alicyclic amines) is 1. The van der Waals surface area contributed by atoms with Crippen LogP contribution in [0.25, 0.3) is 0 Å². The SMILES string of the molecule is CC(C(=O)Nc1ccc(Cl)c(C(F)(F)F)c1)N1CCC(O)CC1. The molecule has 0 saturated carbocycles. The molecule has 1 saturated heterocycles. The fraction of sp³-hybridized carbons (Fsp3) is 0.533. The molecule has 1 heterocycles. The number of hydrogen-bond donors (Lipinski definition) is 2. The van der Waals surface area contributed by atoms with Crippen molar-refractivity contribution in [3.63, 3.8) is 0 Å². The van der Waals surface area contributed by atoms with Gasteiger partial charge in [-0.15, -0.1) is 0 Å². The summed E-state index contributed by atoms with van der Waals surface area (Å²) < 4.78 is 38.5. The standard InChI is InChI=1S/C15H18ClF3N2O2/c1-9(21-6-4-11(22)5-7-21)14(23)20-10-2-3-13(16)12(8-10)15(17,18)19/h2-3,8-9,11,22H,4-7H2,1H3,(H,20,23). The van der Waals surface area contributed by atoms with Gasteiger partial charge in [0.05, 0.1) is 22.7 Å². The van der Waals surface area contributed by atoms with Crippen molar-refractivity contribution in [2.24, 2.45) is 0 Å². The van der Waals surface area contributed by atoms with Gasteiger partial charge in [0.25, 0.3) is 0 Å². The monoisotopic (exact) mass is 350 g/mol. The molecule has 1 aliphatic heterocycles. The zero-order valence-corrected chi connectivity index (χ0v) is 13.3. The number of nitrogens with one attached hydrogen (secondary N) is 1. The molecule has 1 unspecified atom stereocenters. The minimum absolute atomic E-state index is 0.0515. The Hall–Kier alpha value is -1.31. The number of nitrogens with zero attached hydrogens (tertiary/aromatic N) is 1. The summed E-state index contributed by atoms with van der Waals surface area (Å²) in [6.45, 7) is 2.84. The molecule has 2 N–H and O–H groups in total. The number of aliphatic hydroxyl groups is 1. The number of anilines is 1. The molecule has 128 valence electrons. The van der Waals surface area contributed by atoms with Crippen molar-refractivity contribution in [2.75, 3.05) is 18.4 Å². The third kappa shape index (κ3) is 4.59. The third-order valence-electron chi connectivity index (χ3n) is 3.97. The summed E-state index contributed by atoms with van der Waals surface area (Å²) in [5.74, 6) is -0.392. The van der Waals surface area contributed by atoms with E-state index in [1.54, 1.807) is 6.92 Å². The van der Waals surface area contributed by atoms with Crippen LogP contribution >= 0.6 is 11.6 Å². The van der Waals surface area contributed by atoms with Gasteiger partial charge in [-0.1, -0.05) is 11.6 Å². The van der Waals surface area contributed by atoms with E-state index in [1.165, 1.54) is 6.07 Å². The van der Waals surface area contributed by atoms with Crippen LogP contribution in [0.1, 0.15) is 25.3 Å². The van der Waals surface area contributed by atoms with E-state index in [2.05, 4.69) is 5.32 Å². The Bertz CT molecular complexity index is 572. The molecule has 0 aliphatic carbocycles. The molecule has 1 atom stereocenters. The summed E-state index contributed by atoms with van der Waals surface area (Å²) >= 11 is 5.55. The molecule has 8 heteroatoms. The van der Waals surface area contributed by atoms with Gasteiger partial charge >= 0.3 is 6.18 Å². The van der Waals surface area contributed by atoms with E-state index in [0.717, 1.165) is 12.1 Å². The summed E-state index contributed by atoms with van der Waals surface area (Å²) in [7, 11) is 0. The average molecular weight is 351 g/mol. The Morgan fingerprint density at radius 1 is 1.39 bits per heavy atom. The molecule has 2 rings (SSSR count). The van der Waals surface area contributed by atoms with Gasteiger partial charge in [0.1, 0.15) is 0 Å². The minimum Gasteiger partial charge on any atom is -0.393 e. The first-order valence-electron chi connectivity index (χ1n) is 7.28. The first-order chi connectivity index (χ1) is 10.7. The van der Waals surface area contributed by atoms with Crippen LogP contribution in [0, 0.1) is 0 Å². The number of carbonyl (C=O) groups is 1. The van der Waals surface area contributed by atoms with E-state index >= 15 is 0 Å². The highest BCUT2D eigenvalue weighted by atomic mass is 35.5. The number of amides is 1. The Morgan fingerprint density at radius 3 is 2.57 bits per heavy atom. The number of hydrogen-bond acceptors (Lipinski definition) is 3. The summed E-state index contributed by atoms with van der Waals surface area (Å²) in [5, 5.41) is 11.5. The smallest absolute Gasteiger partial charge is 0.393 e. The lowest BCUT2D eigenvalue weighted by Gasteiger charge is -2.33. The maximum absolute atomic E-state index is 12.8. The van der Waals surface area contributed by atoms with Crippen LogP contribution in [-0.4, -0.2) is 41.1 Å². The molecule has 1 aromatic carbocycles. The predicted molar refractivity (Wildman–Crippen MR) is 81.4 cm³/mol. The highest BCUT2D eigenvalue weighted by Gasteiger charge is 2.33. The second-order valence-electron chi connectivity index (χ2n) is 5.62. The van der Waals surface area contributed by atoms with Gasteiger partial charge in [-0.2, -0.15) is 13.2 Å². The summed E-state index contributed by atoms with van der Waals surface area (Å²) in [5.41, 5.74) is -0.929. The quantitative estimate of drug-likeness (QED) is 0.880. The predicted octanol–water partition coefficient (Wildman–Crippen LogP) is 3.14. The van der Waals surface area contributed by atoms with Gasteiger partial charge in [-0.3, -0.25) is 9.69 Å². The highest BCUT2D eigenvalue weighted by molar-refractivity contribution is 6.31. The zero-order valence-electron chi connectivity index (χ0n) is 12.5. The first kappa shape index (κ1) is 18.0. The van der Waals surface area contributed by atoms with Crippen LogP contribution in [0.4, 0.5) is 18.9 Å². The fourth-order valence-corrected chi connectivity index (χ4v) is 2.73. The Labute approximate surface area is 137 Å². The molecule has 1 fully saturated rings. The largest absolute Gasteiger partial charge is 0.417 e. The number of alkyl halides is 3. The number of aliphatic hydroxyl groups excluding tert-OH is 1. The summed E-state index contributed by atoms with van der Waals surface area (Å²) in [6, 6.07) is 2.78. The molecule has 0 spiro atoms. The van der Waals surface area contributed by atoms with Gasteiger partial charge in [0.2, 0.25) is 5.91 Å². The van der Waals surface area contributed by atoms with Crippen molar-refractivity contribution in [3.8, 4) is 0 Å². The topological polar surface area (TPSA) is 52.6 Å². The zero-order chi connectivity index (χ0) is 17.2. The Morgan fingerprint density at radius 2 is 2.00 bits per heavy atom. The second-order valence-corrected chi connectivity index (χ2v) is 6.03. The molecular weight excluding hydrogens is 333 g/mol. The van der Waals surface area contributed by atoms with Crippen LogP contribution in [0.3, 0.4) is 0 Å². The van der Waals surface area contributed by atoms with Crippen LogP contribution in [-0.2, 0) is 11.0 Å². The number of piperidine rings is 1. The fourth-order valence-electron chi connectivity index (χ4n) is 2.51. The van der Waals surface area contributed by atoms with Gasteiger partial charge in [0.15, 0.2) is 0 Å². The first-order valence-corrected chi connectivity index (χ1v) is 7.66. The molecule has 1 aromatic rings. The number of benzene rings is 1.